The molecule has 2 aromatic rings. The van der Waals surface area contributed by atoms with Crippen LogP contribution in [0.1, 0.15) is 43.0 Å². The van der Waals surface area contributed by atoms with Crippen LogP contribution in [0.4, 0.5) is 10.2 Å². The number of hydrogen-bond acceptors (Lipinski definition) is 4. The summed E-state index contributed by atoms with van der Waals surface area (Å²) >= 11 is 0. The van der Waals surface area contributed by atoms with E-state index < -0.39 is 0 Å². The first kappa shape index (κ1) is 18.1. The van der Waals surface area contributed by atoms with Gasteiger partial charge in [0.1, 0.15) is 11.6 Å². The lowest BCUT2D eigenvalue weighted by Gasteiger charge is -2.32. The van der Waals surface area contributed by atoms with Crippen molar-refractivity contribution in [3.05, 3.63) is 41.8 Å². The zero-order valence-corrected chi connectivity index (χ0v) is 14.8. The van der Waals surface area contributed by atoms with Crippen LogP contribution in [0.2, 0.25) is 0 Å². The number of rotatable bonds is 5. The van der Waals surface area contributed by atoms with Crippen LogP contribution >= 0.6 is 0 Å². The van der Waals surface area contributed by atoms with Crippen LogP contribution in [0.15, 0.2) is 30.5 Å². The number of benzene rings is 1. The average molecular weight is 358 g/mol. The molecule has 0 aliphatic carbocycles. The Morgan fingerprint density at radius 2 is 2.04 bits per heavy atom. The maximum atomic E-state index is 13.1. The molecule has 0 spiro atoms. The highest BCUT2D eigenvalue weighted by Gasteiger charge is 2.30. The van der Waals surface area contributed by atoms with Crippen molar-refractivity contribution in [1.29, 1.82) is 0 Å². The monoisotopic (exact) mass is 358 g/mol. The second-order valence-corrected chi connectivity index (χ2v) is 6.62. The summed E-state index contributed by atoms with van der Waals surface area (Å²) in [5.41, 5.74) is 7.07. The van der Waals surface area contributed by atoms with E-state index in [0.29, 0.717) is 30.8 Å². The zero-order valence-electron chi connectivity index (χ0n) is 14.8. The Kier molecular flexibility index (Phi) is 5.35. The van der Waals surface area contributed by atoms with Gasteiger partial charge in [0.05, 0.1) is 17.4 Å². The third kappa shape index (κ3) is 3.61. The largest absolute Gasteiger partial charge is 0.383 e. The lowest BCUT2D eigenvalue weighted by atomic mass is 9.90. The van der Waals surface area contributed by atoms with E-state index in [4.69, 9.17) is 5.73 Å². The van der Waals surface area contributed by atoms with Gasteiger partial charge in [-0.3, -0.25) is 9.59 Å². The molecule has 1 aromatic heterocycles. The van der Waals surface area contributed by atoms with Crippen molar-refractivity contribution in [3.8, 4) is 5.69 Å². The van der Waals surface area contributed by atoms with Crippen molar-refractivity contribution in [2.75, 3.05) is 18.8 Å². The van der Waals surface area contributed by atoms with Crippen LogP contribution < -0.4 is 5.73 Å². The molecule has 0 radical (unpaired) electrons. The highest BCUT2D eigenvalue weighted by atomic mass is 19.1. The SMILES string of the molecule is CCCC(=O)N1CCCC(C(=O)c2cnn(-c3ccc(F)cc3)c2N)C1. The maximum Gasteiger partial charge on any atom is 0.222 e. The van der Waals surface area contributed by atoms with Crippen LogP contribution in [-0.2, 0) is 4.79 Å². The number of ketones is 1. The highest BCUT2D eigenvalue weighted by Crippen LogP contribution is 2.25. The molecule has 1 aliphatic heterocycles. The Balaban J connectivity index is 1.78. The van der Waals surface area contributed by atoms with E-state index in [1.165, 1.54) is 23.0 Å². The fraction of sp³-hybridized carbons (Fsp3) is 0.421. The second-order valence-electron chi connectivity index (χ2n) is 6.62. The molecule has 1 aromatic carbocycles. The minimum absolute atomic E-state index is 0.0927. The molecule has 1 aliphatic rings. The molecule has 1 unspecified atom stereocenters. The van der Waals surface area contributed by atoms with Crippen LogP contribution in [-0.4, -0.2) is 39.5 Å². The average Bonchev–Trinajstić information content (AvgIpc) is 3.03. The molecule has 1 fully saturated rings. The molecule has 1 amide bonds. The smallest absolute Gasteiger partial charge is 0.222 e. The van der Waals surface area contributed by atoms with E-state index in [-0.39, 0.29) is 29.2 Å². The molecule has 2 N–H and O–H groups in total. The molecule has 26 heavy (non-hydrogen) atoms. The summed E-state index contributed by atoms with van der Waals surface area (Å²) in [6.07, 6.45) is 4.29. The Morgan fingerprint density at radius 1 is 1.31 bits per heavy atom. The molecule has 1 saturated heterocycles. The molecular formula is C19H23FN4O2. The molecule has 6 nitrogen and oxygen atoms in total. The summed E-state index contributed by atoms with van der Waals surface area (Å²) in [6.45, 7) is 3.10. The number of carbonyl (C=O) groups excluding carboxylic acids is 2. The van der Waals surface area contributed by atoms with E-state index in [2.05, 4.69) is 5.10 Å². The third-order valence-electron chi connectivity index (χ3n) is 4.75. The summed E-state index contributed by atoms with van der Waals surface area (Å²) in [5.74, 6) is -0.379. The summed E-state index contributed by atoms with van der Waals surface area (Å²) in [6, 6.07) is 5.74. The van der Waals surface area contributed by atoms with Gasteiger partial charge in [-0.1, -0.05) is 6.92 Å². The Bertz CT molecular complexity index is 800. The lowest BCUT2D eigenvalue weighted by Crippen LogP contribution is -2.42. The quantitative estimate of drug-likeness (QED) is 0.834. The molecule has 2 heterocycles. The van der Waals surface area contributed by atoms with Gasteiger partial charge in [0, 0.05) is 25.4 Å². The van der Waals surface area contributed by atoms with E-state index in [1.54, 1.807) is 17.0 Å². The van der Waals surface area contributed by atoms with Gasteiger partial charge in [-0.05, 0) is 43.5 Å². The minimum atomic E-state index is -0.352. The van der Waals surface area contributed by atoms with E-state index >= 15 is 0 Å². The first-order chi connectivity index (χ1) is 12.5. The predicted octanol–water partition coefficient (Wildman–Crippen LogP) is 2.82. The van der Waals surface area contributed by atoms with Gasteiger partial charge in [0.2, 0.25) is 5.91 Å². The number of aromatic nitrogens is 2. The summed E-state index contributed by atoms with van der Waals surface area (Å²) < 4.78 is 14.5. The molecule has 138 valence electrons. The number of nitrogens with zero attached hydrogens (tertiary/aromatic N) is 3. The van der Waals surface area contributed by atoms with Crippen LogP contribution in [0, 0.1) is 11.7 Å². The number of Topliss-reactive ketones (excluding diaryl/α,β-unsaturated/α-hetero) is 1. The van der Waals surface area contributed by atoms with Crippen molar-refractivity contribution in [2.45, 2.75) is 32.6 Å². The highest BCUT2D eigenvalue weighted by molar-refractivity contribution is 6.02. The normalized spacial score (nSPS) is 17.3. The van der Waals surface area contributed by atoms with Crippen LogP contribution in [0.25, 0.3) is 5.69 Å². The maximum absolute atomic E-state index is 13.1. The minimum Gasteiger partial charge on any atom is -0.383 e. The van der Waals surface area contributed by atoms with Crippen LogP contribution in [0.5, 0.6) is 0 Å². The number of halogens is 1. The summed E-state index contributed by atoms with van der Waals surface area (Å²) in [7, 11) is 0. The van der Waals surface area contributed by atoms with E-state index in [1.807, 2.05) is 6.92 Å². The van der Waals surface area contributed by atoms with Crippen molar-refractivity contribution in [3.63, 3.8) is 0 Å². The zero-order chi connectivity index (χ0) is 18.7. The summed E-state index contributed by atoms with van der Waals surface area (Å²) in [4.78, 5) is 26.8. The fourth-order valence-electron chi connectivity index (χ4n) is 3.35. The lowest BCUT2D eigenvalue weighted by molar-refractivity contribution is -0.132. The first-order valence-corrected chi connectivity index (χ1v) is 8.92. The first-order valence-electron chi connectivity index (χ1n) is 8.92. The Morgan fingerprint density at radius 3 is 2.73 bits per heavy atom. The van der Waals surface area contributed by atoms with Gasteiger partial charge in [-0.15, -0.1) is 0 Å². The number of nitrogen functional groups attached to an aromatic ring is 1. The van der Waals surface area contributed by atoms with Crippen molar-refractivity contribution in [2.24, 2.45) is 5.92 Å². The van der Waals surface area contributed by atoms with Crippen LogP contribution in [0.3, 0.4) is 0 Å². The molecule has 0 bridgehead atoms. The molecular weight excluding hydrogens is 335 g/mol. The van der Waals surface area contributed by atoms with E-state index in [9.17, 15) is 14.0 Å². The van der Waals surface area contributed by atoms with Crippen molar-refractivity contribution in [1.82, 2.24) is 14.7 Å². The third-order valence-corrected chi connectivity index (χ3v) is 4.75. The molecule has 3 rings (SSSR count). The van der Waals surface area contributed by atoms with Gasteiger partial charge < -0.3 is 10.6 Å². The Hall–Kier alpha value is -2.70. The second kappa shape index (κ2) is 7.68. The van der Waals surface area contributed by atoms with Gasteiger partial charge in [0.15, 0.2) is 5.78 Å². The molecule has 7 heteroatoms. The Labute approximate surface area is 151 Å². The number of likely N-dealkylation sites (tertiary alicyclic amines) is 1. The van der Waals surface area contributed by atoms with Crippen molar-refractivity contribution >= 4 is 17.5 Å². The number of amides is 1. The van der Waals surface area contributed by atoms with E-state index in [0.717, 1.165) is 19.3 Å². The summed E-state index contributed by atoms with van der Waals surface area (Å²) in [5, 5.41) is 4.18. The topological polar surface area (TPSA) is 81.2 Å². The molecule has 1 atom stereocenters. The number of piperidine rings is 1. The number of anilines is 1. The van der Waals surface area contributed by atoms with Gasteiger partial charge >= 0.3 is 0 Å². The van der Waals surface area contributed by atoms with Crippen molar-refractivity contribution < 1.29 is 14.0 Å². The number of carbonyl (C=O) groups is 2. The predicted molar refractivity (Wildman–Crippen MR) is 96.5 cm³/mol. The van der Waals surface area contributed by atoms with Gasteiger partial charge in [-0.2, -0.15) is 5.10 Å². The molecule has 0 saturated carbocycles. The van der Waals surface area contributed by atoms with Gasteiger partial charge in [-0.25, -0.2) is 9.07 Å². The fourth-order valence-corrected chi connectivity index (χ4v) is 3.35. The van der Waals surface area contributed by atoms with Gasteiger partial charge in [0.25, 0.3) is 0 Å². The standard InChI is InChI=1S/C19H23FN4O2/c1-2-4-17(25)23-10-3-5-13(12-23)18(26)16-11-22-24(19(16)21)15-8-6-14(20)7-9-15/h6-9,11,13H,2-5,10,12,21H2,1H3. The number of nitrogens with two attached hydrogens (primary N) is 1. The number of hydrogen-bond donors (Lipinski definition) is 1.